The van der Waals surface area contributed by atoms with E-state index in [2.05, 4.69) is 42.2 Å². The zero-order valence-corrected chi connectivity index (χ0v) is 11.1. The molecule has 0 radical (unpaired) electrons. The van der Waals surface area contributed by atoms with Gasteiger partial charge >= 0.3 is 0 Å². The van der Waals surface area contributed by atoms with Gasteiger partial charge < -0.3 is 5.73 Å². The molecular formula is C14H20N2S. The molecule has 1 heterocycles. The Morgan fingerprint density at radius 2 is 2.18 bits per heavy atom. The van der Waals surface area contributed by atoms with Gasteiger partial charge in [0.1, 0.15) is 0 Å². The van der Waals surface area contributed by atoms with Crippen LogP contribution in [-0.2, 0) is 0 Å². The number of thiocarbonyl (C=S) groups is 1. The highest BCUT2D eigenvalue weighted by Crippen LogP contribution is 2.28. The summed E-state index contributed by atoms with van der Waals surface area (Å²) in [5, 5.41) is 0. The van der Waals surface area contributed by atoms with Gasteiger partial charge in [0, 0.05) is 19.0 Å². The van der Waals surface area contributed by atoms with E-state index in [4.69, 9.17) is 18.0 Å². The number of benzene rings is 1. The average molecular weight is 248 g/mol. The molecule has 2 rings (SSSR count). The summed E-state index contributed by atoms with van der Waals surface area (Å²) in [4.78, 5) is 3.18. The summed E-state index contributed by atoms with van der Waals surface area (Å²) < 4.78 is 0. The third-order valence-electron chi connectivity index (χ3n) is 3.64. The third kappa shape index (κ3) is 3.27. The van der Waals surface area contributed by atoms with Crippen molar-refractivity contribution >= 4 is 17.2 Å². The minimum absolute atomic E-state index is 0.493. The van der Waals surface area contributed by atoms with Crippen LogP contribution < -0.4 is 5.73 Å². The first-order valence-corrected chi connectivity index (χ1v) is 6.65. The lowest BCUT2D eigenvalue weighted by molar-refractivity contribution is 0.253. The van der Waals surface area contributed by atoms with Gasteiger partial charge in [0.25, 0.3) is 0 Å². The Bertz CT molecular complexity index is 377. The Morgan fingerprint density at radius 3 is 2.82 bits per heavy atom. The number of hydrogen-bond acceptors (Lipinski definition) is 2. The highest BCUT2D eigenvalue weighted by molar-refractivity contribution is 7.80. The van der Waals surface area contributed by atoms with Crippen LogP contribution in [0.15, 0.2) is 30.3 Å². The quantitative estimate of drug-likeness (QED) is 0.831. The summed E-state index contributed by atoms with van der Waals surface area (Å²) >= 11 is 4.99. The second-order valence-electron chi connectivity index (χ2n) is 4.91. The van der Waals surface area contributed by atoms with Gasteiger partial charge in [-0.25, -0.2) is 0 Å². The smallest absolute Gasteiger partial charge is 0.0730 e. The van der Waals surface area contributed by atoms with Crippen molar-refractivity contribution in [1.29, 1.82) is 0 Å². The number of nitrogens with zero attached hydrogens (tertiary/aromatic N) is 1. The highest BCUT2D eigenvalue weighted by Gasteiger charge is 2.26. The fourth-order valence-corrected chi connectivity index (χ4v) is 2.84. The largest absolute Gasteiger partial charge is 0.393 e. The molecule has 3 heteroatoms. The van der Waals surface area contributed by atoms with Crippen LogP contribution >= 0.6 is 12.2 Å². The second-order valence-corrected chi connectivity index (χ2v) is 5.43. The highest BCUT2D eigenvalue weighted by atomic mass is 32.1. The van der Waals surface area contributed by atoms with Crippen LogP contribution in [0.1, 0.15) is 31.4 Å². The summed E-state index contributed by atoms with van der Waals surface area (Å²) in [6.07, 6.45) is 2.11. The molecule has 2 atom stereocenters. The van der Waals surface area contributed by atoms with Crippen LogP contribution in [0.25, 0.3) is 0 Å². The molecule has 1 fully saturated rings. The first-order valence-electron chi connectivity index (χ1n) is 6.24. The zero-order chi connectivity index (χ0) is 12.3. The van der Waals surface area contributed by atoms with Crippen molar-refractivity contribution in [3.8, 4) is 0 Å². The molecule has 0 saturated carbocycles. The van der Waals surface area contributed by atoms with Crippen molar-refractivity contribution in [2.24, 2.45) is 11.7 Å². The van der Waals surface area contributed by atoms with E-state index in [0.717, 1.165) is 19.5 Å². The monoisotopic (exact) mass is 248 g/mol. The summed E-state index contributed by atoms with van der Waals surface area (Å²) in [6.45, 7) is 4.55. The lowest BCUT2D eigenvalue weighted by Gasteiger charge is -2.24. The van der Waals surface area contributed by atoms with Crippen LogP contribution in [0.5, 0.6) is 0 Å². The van der Waals surface area contributed by atoms with E-state index in [9.17, 15) is 0 Å². The number of hydrogen-bond donors (Lipinski definition) is 1. The fraction of sp³-hybridized carbons (Fsp3) is 0.500. The Kier molecular flexibility index (Phi) is 4.13. The third-order valence-corrected chi connectivity index (χ3v) is 3.80. The van der Waals surface area contributed by atoms with Crippen molar-refractivity contribution < 1.29 is 0 Å². The van der Waals surface area contributed by atoms with Crippen LogP contribution in [-0.4, -0.2) is 23.0 Å². The molecule has 1 saturated heterocycles. The van der Waals surface area contributed by atoms with E-state index in [1.807, 2.05) is 0 Å². The SMILES string of the molecule is C[C@H](c1ccccc1)N1CCC(CC(N)=S)C1. The molecule has 1 aromatic rings. The summed E-state index contributed by atoms with van der Waals surface area (Å²) in [5.74, 6) is 0.652. The summed E-state index contributed by atoms with van der Waals surface area (Å²) in [6, 6.07) is 11.2. The van der Waals surface area contributed by atoms with Gasteiger partial charge in [0.05, 0.1) is 4.99 Å². The van der Waals surface area contributed by atoms with Gasteiger partial charge in [-0.15, -0.1) is 0 Å². The minimum Gasteiger partial charge on any atom is -0.393 e. The molecule has 17 heavy (non-hydrogen) atoms. The van der Waals surface area contributed by atoms with E-state index < -0.39 is 0 Å². The zero-order valence-electron chi connectivity index (χ0n) is 10.3. The maximum absolute atomic E-state index is 5.62. The van der Waals surface area contributed by atoms with Crippen LogP contribution in [0, 0.1) is 5.92 Å². The minimum atomic E-state index is 0.493. The molecule has 1 aliphatic rings. The van der Waals surface area contributed by atoms with E-state index >= 15 is 0 Å². The first kappa shape index (κ1) is 12.5. The Morgan fingerprint density at radius 1 is 1.47 bits per heavy atom. The Balaban J connectivity index is 1.94. The summed E-state index contributed by atoms with van der Waals surface area (Å²) in [7, 11) is 0. The maximum atomic E-state index is 5.62. The topological polar surface area (TPSA) is 29.3 Å². The van der Waals surface area contributed by atoms with Gasteiger partial charge in [-0.3, -0.25) is 4.90 Å². The van der Waals surface area contributed by atoms with Gasteiger partial charge in [-0.2, -0.15) is 0 Å². The van der Waals surface area contributed by atoms with E-state index in [1.165, 1.54) is 12.0 Å². The lowest BCUT2D eigenvalue weighted by atomic mass is 10.0. The molecule has 2 N–H and O–H groups in total. The van der Waals surface area contributed by atoms with Gasteiger partial charge in [0.2, 0.25) is 0 Å². The summed E-state index contributed by atoms with van der Waals surface area (Å²) in [5.41, 5.74) is 7.01. The number of likely N-dealkylation sites (tertiary alicyclic amines) is 1. The van der Waals surface area contributed by atoms with Crippen LogP contribution in [0.3, 0.4) is 0 Å². The van der Waals surface area contributed by atoms with E-state index in [1.54, 1.807) is 0 Å². The molecule has 1 aliphatic heterocycles. The first-order chi connectivity index (χ1) is 8.16. The van der Waals surface area contributed by atoms with Crippen molar-refractivity contribution in [3.63, 3.8) is 0 Å². The Labute approximate surface area is 109 Å². The predicted molar refractivity (Wildman–Crippen MR) is 75.9 cm³/mol. The van der Waals surface area contributed by atoms with Crippen LogP contribution in [0.2, 0.25) is 0 Å². The van der Waals surface area contributed by atoms with E-state index in [-0.39, 0.29) is 0 Å². The van der Waals surface area contributed by atoms with Crippen molar-refractivity contribution in [2.75, 3.05) is 13.1 Å². The molecule has 1 aromatic carbocycles. The number of nitrogens with two attached hydrogens (primary N) is 1. The molecule has 0 amide bonds. The van der Waals surface area contributed by atoms with Gasteiger partial charge in [-0.1, -0.05) is 42.5 Å². The molecule has 1 unspecified atom stereocenters. The number of rotatable bonds is 4. The van der Waals surface area contributed by atoms with Crippen molar-refractivity contribution in [3.05, 3.63) is 35.9 Å². The molecule has 0 aliphatic carbocycles. The molecule has 0 spiro atoms. The fourth-order valence-electron chi connectivity index (χ4n) is 2.61. The van der Waals surface area contributed by atoms with Crippen molar-refractivity contribution in [1.82, 2.24) is 4.90 Å². The molecule has 0 aromatic heterocycles. The lowest BCUT2D eigenvalue weighted by Crippen LogP contribution is -2.25. The molecule has 2 nitrogen and oxygen atoms in total. The Hall–Kier alpha value is -0.930. The predicted octanol–water partition coefficient (Wildman–Crippen LogP) is 2.75. The van der Waals surface area contributed by atoms with Gasteiger partial charge in [0.15, 0.2) is 0 Å². The molecule has 92 valence electrons. The maximum Gasteiger partial charge on any atom is 0.0730 e. The normalized spacial score (nSPS) is 22.5. The van der Waals surface area contributed by atoms with E-state index in [0.29, 0.717) is 16.9 Å². The van der Waals surface area contributed by atoms with Crippen LogP contribution in [0.4, 0.5) is 0 Å². The average Bonchev–Trinajstić information content (AvgIpc) is 2.77. The standard InChI is InChI=1S/C14H20N2S/c1-11(13-5-3-2-4-6-13)16-8-7-12(10-16)9-14(15)17/h2-6,11-12H,7-10H2,1H3,(H2,15,17)/t11-,12?/m1/s1. The van der Waals surface area contributed by atoms with Gasteiger partial charge in [-0.05, 0) is 31.4 Å². The second kappa shape index (κ2) is 5.61. The van der Waals surface area contributed by atoms with Crippen molar-refractivity contribution in [2.45, 2.75) is 25.8 Å². The molecular weight excluding hydrogens is 228 g/mol. The molecule has 0 bridgehead atoms.